The van der Waals surface area contributed by atoms with Gasteiger partial charge in [0.15, 0.2) is 28.6 Å². The molecular formula is C21H18N6O3S. The number of allylic oxidation sites excluding steroid dienone is 1. The first-order valence-corrected chi connectivity index (χ1v) is 10.6. The van der Waals surface area contributed by atoms with Crippen molar-refractivity contribution in [2.45, 2.75) is 23.7 Å². The molecule has 0 radical (unpaired) electrons. The van der Waals surface area contributed by atoms with Gasteiger partial charge >= 0.3 is 0 Å². The molecule has 31 heavy (non-hydrogen) atoms. The van der Waals surface area contributed by atoms with Crippen LogP contribution in [-0.4, -0.2) is 36.4 Å². The van der Waals surface area contributed by atoms with Gasteiger partial charge < -0.3 is 9.47 Å². The topological polar surface area (TPSA) is 97.0 Å². The lowest BCUT2D eigenvalue weighted by Crippen LogP contribution is -2.25. The molecule has 1 aliphatic heterocycles. The Morgan fingerprint density at radius 1 is 1.10 bits per heavy atom. The van der Waals surface area contributed by atoms with Crippen LogP contribution >= 0.6 is 11.8 Å². The fourth-order valence-corrected chi connectivity index (χ4v) is 4.15. The van der Waals surface area contributed by atoms with E-state index in [9.17, 15) is 4.79 Å². The molecule has 2 aromatic carbocycles. The van der Waals surface area contributed by atoms with E-state index in [4.69, 9.17) is 9.47 Å². The van der Waals surface area contributed by atoms with Gasteiger partial charge in [0.2, 0.25) is 0 Å². The summed E-state index contributed by atoms with van der Waals surface area (Å²) >= 11 is 1.34. The van der Waals surface area contributed by atoms with Crippen LogP contribution in [0.15, 0.2) is 71.1 Å². The number of nitrogens with zero attached hydrogens (tertiary/aromatic N) is 6. The summed E-state index contributed by atoms with van der Waals surface area (Å²) in [7, 11) is 0. The van der Waals surface area contributed by atoms with Gasteiger partial charge in [-0.2, -0.15) is 4.68 Å². The summed E-state index contributed by atoms with van der Waals surface area (Å²) in [4.78, 5) is 12.7. The second kappa shape index (κ2) is 8.23. The van der Waals surface area contributed by atoms with Crippen LogP contribution in [-0.2, 0) is 12.4 Å². The van der Waals surface area contributed by atoms with Gasteiger partial charge in [0, 0.05) is 6.54 Å². The fraction of sp³-hybridized carbons (Fsp3) is 0.190. The van der Waals surface area contributed by atoms with Crippen molar-refractivity contribution in [2.75, 3.05) is 6.61 Å². The molecule has 0 fully saturated rings. The molecule has 0 unspecified atom stereocenters. The molecule has 0 amide bonds. The van der Waals surface area contributed by atoms with E-state index in [1.807, 2.05) is 34.9 Å². The summed E-state index contributed by atoms with van der Waals surface area (Å²) in [5.41, 5.74) is 0.370. The van der Waals surface area contributed by atoms with Crippen LogP contribution in [0.2, 0.25) is 0 Å². The maximum absolute atomic E-state index is 12.7. The highest BCUT2D eigenvalue weighted by Gasteiger charge is 2.28. The Morgan fingerprint density at radius 2 is 1.90 bits per heavy atom. The third-order valence-electron chi connectivity index (χ3n) is 4.80. The first-order valence-electron chi connectivity index (χ1n) is 9.62. The van der Waals surface area contributed by atoms with Gasteiger partial charge in [0.1, 0.15) is 12.1 Å². The van der Waals surface area contributed by atoms with Crippen LogP contribution in [0.1, 0.15) is 11.9 Å². The zero-order chi connectivity index (χ0) is 21.2. The normalized spacial score (nSPS) is 15.2. The molecule has 9 nitrogen and oxygen atoms in total. The average Bonchev–Trinajstić information content (AvgIpc) is 3.21. The van der Waals surface area contributed by atoms with Gasteiger partial charge in [-0.25, -0.2) is 0 Å². The molecule has 4 aromatic rings. The third kappa shape index (κ3) is 3.66. The molecule has 10 heteroatoms. The maximum Gasteiger partial charge on any atom is 0.278 e. The SMILES string of the molecule is C=CCn1c(SCn2nnc3ccccc3c2=O)nnc1[C@H]1COc2ccccc2O1. The molecule has 1 atom stereocenters. The number of ether oxygens (including phenoxy) is 2. The van der Waals surface area contributed by atoms with Crippen molar-refractivity contribution in [3.8, 4) is 11.5 Å². The molecule has 3 heterocycles. The van der Waals surface area contributed by atoms with Crippen molar-refractivity contribution < 1.29 is 9.47 Å². The smallest absolute Gasteiger partial charge is 0.278 e. The molecule has 0 bridgehead atoms. The quantitative estimate of drug-likeness (QED) is 0.338. The molecule has 5 rings (SSSR count). The summed E-state index contributed by atoms with van der Waals surface area (Å²) in [6, 6.07) is 14.6. The Kier molecular flexibility index (Phi) is 5.13. The van der Waals surface area contributed by atoms with Crippen LogP contribution in [0.5, 0.6) is 11.5 Å². The molecule has 1 aliphatic rings. The average molecular weight is 434 g/mol. The Morgan fingerprint density at radius 3 is 2.77 bits per heavy atom. The summed E-state index contributed by atoms with van der Waals surface area (Å²) in [5, 5.41) is 17.9. The largest absolute Gasteiger partial charge is 0.485 e. The highest BCUT2D eigenvalue weighted by molar-refractivity contribution is 7.98. The number of hydrogen-bond donors (Lipinski definition) is 0. The van der Waals surface area contributed by atoms with Gasteiger partial charge in [0.05, 0.1) is 11.3 Å². The molecule has 0 saturated carbocycles. The van der Waals surface area contributed by atoms with Crippen molar-refractivity contribution in [1.82, 2.24) is 29.8 Å². The number of hydrogen-bond acceptors (Lipinski definition) is 8. The van der Waals surface area contributed by atoms with Crippen LogP contribution in [0.25, 0.3) is 10.9 Å². The molecular weight excluding hydrogens is 416 g/mol. The Labute approximate surface area is 181 Å². The number of para-hydroxylation sites is 2. The van der Waals surface area contributed by atoms with E-state index >= 15 is 0 Å². The second-order valence-electron chi connectivity index (χ2n) is 6.79. The zero-order valence-electron chi connectivity index (χ0n) is 16.4. The van der Waals surface area contributed by atoms with Gasteiger partial charge in [0.25, 0.3) is 5.56 Å². The molecule has 2 aromatic heterocycles. The van der Waals surface area contributed by atoms with Crippen LogP contribution in [0.4, 0.5) is 0 Å². The van der Waals surface area contributed by atoms with Crippen LogP contribution in [0, 0.1) is 0 Å². The lowest BCUT2D eigenvalue weighted by molar-refractivity contribution is 0.0821. The molecule has 0 aliphatic carbocycles. The monoisotopic (exact) mass is 434 g/mol. The Balaban J connectivity index is 1.40. The second-order valence-corrected chi connectivity index (χ2v) is 7.70. The van der Waals surface area contributed by atoms with Crippen LogP contribution in [0.3, 0.4) is 0 Å². The number of rotatable bonds is 6. The third-order valence-corrected chi connectivity index (χ3v) is 5.73. The minimum absolute atomic E-state index is 0.200. The van der Waals surface area contributed by atoms with Gasteiger partial charge in [-0.1, -0.05) is 47.3 Å². The van der Waals surface area contributed by atoms with E-state index in [0.717, 1.165) is 0 Å². The number of thioether (sulfide) groups is 1. The first-order chi connectivity index (χ1) is 15.2. The van der Waals surface area contributed by atoms with E-state index in [0.29, 0.717) is 46.5 Å². The highest BCUT2D eigenvalue weighted by Crippen LogP contribution is 2.36. The van der Waals surface area contributed by atoms with Gasteiger partial charge in [-0.15, -0.1) is 21.9 Å². The predicted molar refractivity (Wildman–Crippen MR) is 115 cm³/mol. The lowest BCUT2D eigenvalue weighted by atomic mass is 10.2. The molecule has 0 saturated heterocycles. The van der Waals surface area contributed by atoms with Crippen molar-refractivity contribution in [2.24, 2.45) is 0 Å². The minimum atomic E-state index is -0.403. The highest BCUT2D eigenvalue weighted by atomic mass is 32.2. The molecule has 156 valence electrons. The van der Waals surface area contributed by atoms with Crippen molar-refractivity contribution >= 4 is 22.7 Å². The van der Waals surface area contributed by atoms with E-state index in [1.165, 1.54) is 16.4 Å². The molecule has 0 N–H and O–H groups in total. The zero-order valence-corrected chi connectivity index (χ0v) is 17.2. The first kappa shape index (κ1) is 19.3. The Hall–Kier alpha value is -3.66. The standard InChI is InChI=1S/C21H18N6O3S/c1-2-11-26-19(18-12-29-16-9-5-6-10-17(16)30-18)23-24-21(26)31-13-27-20(28)14-7-3-4-8-15(14)22-25-27/h2-10,18H,1,11-13H2/t18-/m1/s1. The van der Waals surface area contributed by atoms with Crippen molar-refractivity contribution in [1.29, 1.82) is 0 Å². The molecule has 0 spiro atoms. The predicted octanol–water partition coefficient (Wildman–Crippen LogP) is 2.83. The summed E-state index contributed by atoms with van der Waals surface area (Å²) in [6.07, 6.45) is 1.36. The Bertz CT molecular complexity index is 1320. The number of fused-ring (bicyclic) bond motifs is 2. The number of aromatic nitrogens is 6. The van der Waals surface area contributed by atoms with E-state index in [1.54, 1.807) is 24.3 Å². The van der Waals surface area contributed by atoms with Gasteiger partial charge in [-0.3, -0.25) is 9.36 Å². The summed E-state index contributed by atoms with van der Waals surface area (Å²) in [6.45, 7) is 4.65. The maximum atomic E-state index is 12.7. The van der Waals surface area contributed by atoms with E-state index in [-0.39, 0.29) is 11.4 Å². The number of benzene rings is 2. The fourth-order valence-electron chi connectivity index (χ4n) is 3.32. The summed E-state index contributed by atoms with van der Waals surface area (Å²) < 4.78 is 15.1. The minimum Gasteiger partial charge on any atom is -0.485 e. The van der Waals surface area contributed by atoms with E-state index < -0.39 is 6.10 Å². The lowest BCUT2D eigenvalue weighted by Gasteiger charge is -2.26. The summed E-state index contributed by atoms with van der Waals surface area (Å²) in [5.74, 6) is 2.25. The van der Waals surface area contributed by atoms with E-state index in [2.05, 4.69) is 27.1 Å². The van der Waals surface area contributed by atoms with Crippen molar-refractivity contribution in [3.05, 3.63) is 77.4 Å². The van der Waals surface area contributed by atoms with Gasteiger partial charge in [-0.05, 0) is 24.3 Å². The van der Waals surface area contributed by atoms with Crippen LogP contribution < -0.4 is 15.0 Å². The van der Waals surface area contributed by atoms with Crippen molar-refractivity contribution in [3.63, 3.8) is 0 Å².